The van der Waals surface area contributed by atoms with Gasteiger partial charge in [-0.25, -0.2) is 0 Å². The number of anilines is 2. The SMILES string of the molecule is CCN(CC)C(=O)c1ccc(Cc2cccc(NCc3ccc(C(F)(F)F)cc3)c2N2CCNCC2)cc1. The molecule has 0 spiro atoms. The molecular formula is C30H35F3N4O. The van der Waals surface area contributed by atoms with E-state index >= 15 is 0 Å². The van der Waals surface area contributed by atoms with Crippen LogP contribution in [-0.2, 0) is 19.1 Å². The van der Waals surface area contributed by atoms with Crippen LogP contribution in [0.5, 0.6) is 0 Å². The standard InChI is InChI=1S/C30H35F3N4O/c1-3-36(4-2)29(38)24-12-8-22(9-13-24)20-25-6-5-7-27(28(25)37-18-16-34-17-19-37)35-21-23-10-14-26(15-11-23)30(31,32)33/h5-15,34-35H,3-4,16-21H2,1-2H3. The Bertz CT molecular complexity index is 1200. The number of para-hydroxylation sites is 1. The maximum absolute atomic E-state index is 12.9. The first-order chi connectivity index (χ1) is 18.3. The van der Waals surface area contributed by atoms with Crippen LogP contribution in [0, 0.1) is 0 Å². The monoisotopic (exact) mass is 524 g/mol. The first-order valence-corrected chi connectivity index (χ1v) is 13.2. The van der Waals surface area contributed by atoms with Gasteiger partial charge in [-0.3, -0.25) is 4.79 Å². The average Bonchev–Trinajstić information content (AvgIpc) is 2.93. The highest BCUT2D eigenvalue weighted by Crippen LogP contribution is 2.33. The summed E-state index contributed by atoms with van der Waals surface area (Å²) >= 11 is 0. The lowest BCUT2D eigenvalue weighted by molar-refractivity contribution is -0.137. The number of carbonyl (C=O) groups is 1. The van der Waals surface area contributed by atoms with Crippen molar-refractivity contribution in [2.45, 2.75) is 33.0 Å². The van der Waals surface area contributed by atoms with Crippen molar-refractivity contribution in [1.29, 1.82) is 0 Å². The van der Waals surface area contributed by atoms with E-state index in [9.17, 15) is 18.0 Å². The van der Waals surface area contributed by atoms with Crippen LogP contribution in [0.2, 0.25) is 0 Å². The van der Waals surface area contributed by atoms with Gasteiger partial charge in [0.15, 0.2) is 0 Å². The second kappa shape index (κ2) is 12.3. The molecule has 1 aliphatic rings. The molecule has 3 aromatic rings. The molecule has 1 amide bonds. The summed E-state index contributed by atoms with van der Waals surface area (Å²) in [7, 11) is 0. The summed E-state index contributed by atoms with van der Waals surface area (Å²) < 4.78 is 38.8. The van der Waals surface area contributed by atoms with Crippen LogP contribution >= 0.6 is 0 Å². The summed E-state index contributed by atoms with van der Waals surface area (Å²) in [6.07, 6.45) is -3.64. The minimum Gasteiger partial charge on any atom is -0.379 e. The summed E-state index contributed by atoms with van der Waals surface area (Å²) in [5, 5.41) is 6.86. The Hall–Kier alpha value is -3.52. The summed E-state index contributed by atoms with van der Waals surface area (Å²) in [4.78, 5) is 16.9. The summed E-state index contributed by atoms with van der Waals surface area (Å²) in [6.45, 7) is 9.23. The fraction of sp³-hybridized carbons (Fsp3) is 0.367. The topological polar surface area (TPSA) is 47.6 Å². The van der Waals surface area contributed by atoms with Gasteiger partial charge in [0, 0.05) is 51.4 Å². The predicted molar refractivity (Wildman–Crippen MR) is 147 cm³/mol. The number of carbonyl (C=O) groups excluding carboxylic acids is 1. The highest BCUT2D eigenvalue weighted by molar-refractivity contribution is 5.94. The molecule has 3 aromatic carbocycles. The Kier molecular flexibility index (Phi) is 8.94. The van der Waals surface area contributed by atoms with Gasteiger partial charge in [0.05, 0.1) is 16.9 Å². The molecule has 1 saturated heterocycles. The smallest absolute Gasteiger partial charge is 0.379 e. The van der Waals surface area contributed by atoms with Gasteiger partial charge >= 0.3 is 6.18 Å². The van der Waals surface area contributed by atoms with Crippen LogP contribution in [0.4, 0.5) is 24.5 Å². The Balaban J connectivity index is 1.55. The Labute approximate surface area is 222 Å². The van der Waals surface area contributed by atoms with Crippen molar-refractivity contribution in [3.05, 3.63) is 94.5 Å². The molecule has 1 fully saturated rings. The fourth-order valence-electron chi connectivity index (χ4n) is 4.83. The maximum atomic E-state index is 12.9. The van der Waals surface area contributed by atoms with Crippen LogP contribution in [0.3, 0.4) is 0 Å². The number of nitrogens with one attached hydrogen (secondary N) is 2. The molecule has 0 saturated carbocycles. The van der Waals surface area contributed by atoms with Crippen molar-refractivity contribution >= 4 is 17.3 Å². The molecular weight excluding hydrogens is 489 g/mol. The third kappa shape index (κ3) is 6.67. The van der Waals surface area contributed by atoms with Crippen molar-refractivity contribution in [3.8, 4) is 0 Å². The van der Waals surface area contributed by atoms with E-state index in [1.807, 2.05) is 55.1 Å². The first kappa shape index (κ1) is 27.5. The molecule has 0 unspecified atom stereocenters. The molecule has 4 rings (SSSR count). The first-order valence-electron chi connectivity index (χ1n) is 13.2. The van der Waals surface area contributed by atoms with E-state index in [1.165, 1.54) is 12.1 Å². The molecule has 0 atom stereocenters. The molecule has 5 nitrogen and oxygen atoms in total. The van der Waals surface area contributed by atoms with Crippen LogP contribution in [0.15, 0.2) is 66.7 Å². The van der Waals surface area contributed by atoms with Crippen molar-refractivity contribution in [2.24, 2.45) is 0 Å². The van der Waals surface area contributed by atoms with E-state index < -0.39 is 11.7 Å². The minimum absolute atomic E-state index is 0.0394. The Morgan fingerprint density at radius 1 is 0.921 bits per heavy atom. The average molecular weight is 525 g/mol. The van der Waals surface area contributed by atoms with Gasteiger partial charge in [-0.05, 0) is 67.3 Å². The number of hydrogen-bond acceptors (Lipinski definition) is 4. The molecule has 8 heteroatoms. The van der Waals surface area contributed by atoms with Gasteiger partial charge in [0.25, 0.3) is 5.91 Å². The van der Waals surface area contributed by atoms with Crippen LogP contribution in [0.25, 0.3) is 0 Å². The summed E-state index contributed by atoms with van der Waals surface area (Å²) in [5.74, 6) is 0.0394. The minimum atomic E-state index is -4.34. The quantitative estimate of drug-likeness (QED) is 0.372. The third-order valence-corrected chi connectivity index (χ3v) is 6.96. The van der Waals surface area contributed by atoms with Crippen molar-refractivity contribution in [1.82, 2.24) is 10.2 Å². The fourth-order valence-corrected chi connectivity index (χ4v) is 4.83. The Morgan fingerprint density at radius 3 is 2.16 bits per heavy atom. The number of halogens is 3. The third-order valence-electron chi connectivity index (χ3n) is 6.96. The largest absolute Gasteiger partial charge is 0.416 e. The zero-order valence-electron chi connectivity index (χ0n) is 21.9. The lowest BCUT2D eigenvalue weighted by atomic mass is 9.99. The van der Waals surface area contributed by atoms with Gasteiger partial charge in [0.2, 0.25) is 0 Å². The van der Waals surface area contributed by atoms with Gasteiger partial charge in [0.1, 0.15) is 0 Å². The lowest BCUT2D eigenvalue weighted by Gasteiger charge is -2.33. The second-order valence-corrected chi connectivity index (χ2v) is 9.45. The van der Waals surface area contributed by atoms with Gasteiger partial charge in [-0.2, -0.15) is 13.2 Å². The number of hydrogen-bond donors (Lipinski definition) is 2. The summed E-state index contributed by atoms with van der Waals surface area (Å²) in [5.41, 5.74) is 5.16. The van der Waals surface area contributed by atoms with Gasteiger partial charge in [-0.1, -0.05) is 36.4 Å². The number of nitrogens with zero attached hydrogens (tertiary/aromatic N) is 2. The molecule has 38 heavy (non-hydrogen) atoms. The molecule has 202 valence electrons. The maximum Gasteiger partial charge on any atom is 0.416 e. The van der Waals surface area contributed by atoms with Gasteiger partial charge in [-0.15, -0.1) is 0 Å². The van der Waals surface area contributed by atoms with E-state index in [0.717, 1.165) is 66.4 Å². The predicted octanol–water partition coefficient (Wildman–Crippen LogP) is 5.80. The molecule has 1 aliphatic heterocycles. The van der Waals surface area contributed by atoms with Crippen molar-refractivity contribution < 1.29 is 18.0 Å². The highest BCUT2D eigenvalue weighted by Gasteiger charge is 2.30. The van der Waals surface area contributed by atoms with Crippen LogP contribution in [-0.4, -0.2) is 50.1 Å². The van der Waals surface area contributed by atoms with Crippen LogP contribution in [0.1, 0.15) is 46.5 Å². The zero-order chi connectivity index (χ0) is 27.1. The molecule has 0 bridgehead atoms. The lowest BCUT2D eigenvalue weighted by Crippen LogP contribution is -2.44. The van der Waals surface area contributed by atoms with Crippen LogP contribution < -0.4 is 15.5 Å². The number of piperazine rings is 1. The molecule has 2 N–H and O–H groups in total. The van der Waals surface area contributed by atoms with E-state index in [1.54, 1.807) is 0 Å². The number of alkyl halides is 3. The zero-order valence-corrected chi connectivity index (χ0v) is 21.9. The van der Waals surface area contributed by atoms with E-state index in [2.05, 4.69) is 21.6 Å². The number of benzene rings is 3. The van der Waals surface area contributed by atoms with Gasteiger partial charge < -0.3 is 20.4 Å². The second-order valence-electron chi connectivity index (χ2n) is 9.45. The summed E-state index contributed by atoms with van der Waals surface area (Å²) in [6, 6.07) is 19.3. The van der Waals surface area contributed by atoms with E-state index in [4.69, 9.17) is 0 Å². The Morgan fingerprint density at radius 2 is 1.55 bits per heavy atom. The number of rotatable bonds is 9. The van der Waals surface area contributed by atoms with E-state index in [0.29, 0.717) is 31.6 Å². The van der Waals surface area contributed by atoms with Crippen molar-refractivity contribution in [3.63, 3.8) is 0 Å². The molecule has 0 radical (unpaired) electrons. The normalized spacial score (nSPS) is 13.9. The number of amides is 1. The highest BCUT2D eigenvalue weighted by atomic mass is 19.4. The molecule has 1 heterocycles. The molecule has 0 aliphatic carbocycles. The van der Waals surface area contributed by atoms with Crippen molar-refractivity contribution in [2.75, 3.05) is 49.5 Å². The molecule has 0 aromatic heterocycles. The van der Waals surface area contributed by atoms with E-state index in [-0.39, 0.29) is 5.91 Å².